The van der Waals surface area contributed by atoms with Gasteiger partial charge in [-0.3, -0.25) is 4.79 Å². The first-order valence-electron chi connectivity index (χ1n) is 13.6. The van der Waals surface area contributed by atoms with E-state index >= 15 is 0 Å². The van der Waals surface area contributed by atoms with E-state index in [0.29, 0.717) is 17.0 Å². The Labute approximate surface area is 243 Å². The van der Waals surface area contributed by atoms with Crippen molar-refractivity contribution in [3.8, 4) is 34.1 Å². The molecule has 214 valence electrons. The molecule has 1 amide bonds. The summed E-state index contributed by atoms with van der Waals surface area (Å²) in [5, 5.41) is 41.5. The Morgan fingerprint density at radius 1 is 0.810 bits per heavy atom. The number of benzene rings is 4. The summed E-state index contributed by atoms with van der Waals surface area (Å²) in [5.74, 6) is -1.20. The molecule has 0 unspecified atom stereocenters. The van der Waals surface area contributed by atoms with E-state index in [1.54, 1.807) is 24.3 Å². The Morgan fingerprint density at radius 2 is 1.50 bits per heavy atom. The zero-order chi connectivity index (χ0) is 29.6. The Balaban J connectivity index is 1.20. The van der Waals surface area contributed by atoms with Crippen LogP contribution in [-0.2, 0) is 20.7 Å². The zero-order valence-corrected chi connectivity index (χ0v) is 22.7. The predicted molar refractivity (Wildman–Crippen MR) is 158 cm³/mol. The van der Waals surface area contributed by atoms with Crippen molar-refractivity contribution in [2.45, 2.75) is 37.3 Å². The minimum atomic E-state index is -1.12. The number of phenolic OH excluding ortho intramolecular Hbond substituents is 4. The highest BCUT2D eigenvalue weighted by Crippen LogP contribution is 2.38. The molecule has 1 aliphatic carbocycles. The summed E-state index contributed by atoms with van der Waals surface area (Å²) in [6, 6.07) is 25.8. The molecule has 4 aromatic rings. The summed E-state index contributed by atoms with van der Waals surface area (Å²) in [7, 11) is 0. The molecule has 0 saturated heterocycles. The quantitative estimate of drug-likeness (QED) is 0.104. The molecule has 0 radical (unpaired) electrons. The van der Waals surface area contributed by atoms with E-state index in [4.69, 9.17) is 4.74 Å². The minimum Gasteiger partial charge on any atom is -0.508 e. The molecule has 42 heavy (non-hydrogen) atoms. The molecule has 8 heteroatoms. The topological polar surface area (TPSA) is 136 Å². The van der Waals surface area contributed by atoms with Crippen LogP contribution in [0.5, 0.6) is 23.0 Å². The maximum absolute atomic E-state index is 13.2. The molecule has 1 saturated carbocycles. The highest BCUT2D eigenvalue weighted by atomic mass is 16.5. The normalized spacial score (nSPS) is 16.9. The number of esters is 1. The summed E-state index contributed by atoms with van der Waals surface area (Å²) in [6.45, 7) is 0. The van der Waals surface area contributed by atoms with Gasteiger partial charge in [0.1, 0.15) is 11.5 Å². The molecule has 0 aliphatic heterocycles. The summed E-state index contributed by atoms with van der Waals surface area (Å²) < 4.78 is 5.53. The molecule has 1 fully saturated rings. The monoisotopic (exact) mass is 565 g/mol. The summed E-state index contributed by atoms with van der Waals surface area (Å²) in [6.07, 6.45) is 3.02. The van der Waals surface area contributed by atoms with E-state index < -0.39 is 18.0 Å². The van der Waals surface area contributed by atoms with Gasteiger partial charge in [0.05, 0.1) is 0 Å². The van der Waals surface area contributed by atoms with Gasteiger partial charge < -0.3 is 30.5 Å². The van der Waals surface area contributed by atoms with Gasteiger partial charge in [-0.15, -0.1) is 0 Å². The molecule has 4 aromatic carbocycles. The van der Waals surface area contributed by atoms with Gasteiger partial charge in [-0.25, -0.2) is 4.79 Å². The number of hydrogen-bond acceptors (Lipinski definition) is 7. The first kappa shape index (κ1) is 28.3. The largest absolute Gasteiger partial charge is 0.508 e. The highest BCUT2D eigenvalue weighted by molar-refractivity contribution is 5.90. The third-order valence-electron chi connectivity index (χ3n) is 7.36. The Hall–Kier alpha value is -5.24. The molecule has 0 aromatic heterocycles. The van der Waals surface area contributed by atoms with Crippen molar-refractivity contribution in [1.29, 1.82) is 0 Å². The Morgan fingerprint density at radius 3 is 2.17 bits per heavy atom. The van der Waals surface area contributed by atoms with Gasteiger partial charge >= 0.3 is 5.97 Å². The highest BCUT2D eigenvalue weighted by Gasteiger charge is 2.34. The van der Waals surface area contributed by atoms with E-state index in [9.17, 15) is 30.0 Å². The molecule has 1 atom stereocenters. The van der Waals surface area contributed by atoms with Gasteiger partial charge in [0.2, 0.25) is 0 Å². The summed E-state index contributed by atoms with van der Waals surface area (Å²) in [5.41, 5.74) is 4.34. The lowest BCUT2D eigenvalue weighted by atomic mass is 9.75. The van der Waals surface area contributed by atoms with Crippen molar-refractivity contribution in [3.05, 3.63) is 114 Å². The fourth-order valence-corrected chi connectivity index (χ4v) is 4.98. The van der Waals surface area contributed by atoms with Crippen LogP contribution in [0, 0.1) is 0 Å². The molecule has 5 N–H and O–H groups in total. The molecular weight excluding hydrogens is 534 g/mol. The van der Waals surface area contributed by atoms with Crippen LogP contribution >= 0.6 is 0 Å². The number of rotatable bonds is 9. The van der Waals surface area contributed by atoms with Gasteiger partial charge in [0.25, 0.3) is 5.91 Å². The van der Waals surface area contributed by atoms with E-state index in [1.165, 1.54) is 42.0 Å². The first-order chi connectivity index (χ1) is 20.2. The van der Waals surface area contributed by atoms with Crippen molar-refractivity contribution in [2.24, 2.45) is 0 Å². The number of ether oxygens (including phenoxy) is 1. The van der Waals surface area contributed by atoms with Crippen molar-refractivity contribution >= 4 is 18.0 Å². The van der Waals surface area contributed by atoms with Crippen molar-refractivity contribution in [1.82, 2.24) is 5.32 Å². The molecule has 5 rings (SSSR count). The Kier molecular flexibility index (Phi) is 8.43. The van der Waals surface area contributed by atoms with Gasteiger partial charge in [0.15, 0.2) is 17.6 Å². The number of carbonyl (C=O) groups excluding carboxylic acids is 2. The van der Waals surface area contributed by atoms with Crippen LogP contribution < -0.4 is 5.32 Å². The molecule has 8 nitrogen and oxygen atoms in total. The van der Waals surface area contributed by atoms with Gasteiger partial charge in [0, 0.05) is 18.5 Å². The van der Waals surface area contributed by atoms with Crippen molar-refractivity contribution in [3.63, 3.8) is 0 Å². The van der Waals surface area contributed by atoms with E-state index in [1.807, 2.05) is 24.3 Å². The minimum absolute atomic E-state index is 0.0447. The fraction of sp³-hybridized carbons (Fsp3) is 0.176. The second-order valence-electron chi connectivity index (χ2n) is 10.4. The summed E-state index contributed by atoms with van der Waals surface area (Å²) in [4.78, 5) is 25.9. The fourth-order valence-electron chi connectivity index (χ4n) is 4.98. The maximum Gasteiger partial charge on any atom is 0.331 e. The third kappa shape index (κ3) is 7.09. The first-order valence-corrected chi connectivity index (χ1v) is 13.6. The molecule has 0 bridgehead atoms. The van der Waals surface area contributed by atoms with Crippen LogP contribution in [0.1, 0.15) is 35.4 Å². The van der Waals surface area contributed by atoms with Crippen LogP contribution in [0.15, 0.2) is 97.1 Å². The third-order valence-corrected chi connectivity index (χ3v) is 7.36. The number of hydrogen-bond donors (Lipinski definition) is 5. The lowest BCUT2D eigenvalue weighted by Gasteiger charge is -2.37. The number of amides is 1. The predicted octanol–water partition coefficient (Wildman–Crippen LogP) is 5.41. The standard InChI is InChI=1S/C34H31NO7/c36-28-12-10-24(11-13-28)23-6-8-25(9-7-23)26-19-27(20-26)35-34(41)32(18-22-2-1-3-29(37)16-22)42-33(40)15-5-21-4-14-30(38)31(39)17-21/h1-17,26-27,32,36-39H,18-20H2,(H,35,41)/b15-5+/t26?,27?,32-/m1/s1. The average Bonchev–Trinajstić information content (AvgIpc) is 2.95. The molecule has 1 aliphatic rings. The van der Waals surface area contributed by atoms with E-state index in [0.717, 1.165) is 30.0 Å². The van der Waals surface area contributed by atoms with E-state index in [2.05, 4.69) is 17.4 Å². The number of nitrogens with one attached hydrogen (secondary N) is 1. The molecule has 0 heterocycles. The lowest BCUT2D eigenvalue weighted by Crippen LogP contribution is -2.48. The van der Waals surface area contributed by atoms with Crippen molar-refractivity contribution < 1.29 is 34.8 Å². The molecule has 0 spiro atoms. The van der Waals surface area contributed by atoms with Crippen molar-refractivity contribution in [2.75, 3.05) is 0 Å². The maximum atomic E-state index is 13.2. The van der Waals surface area contributed by atoms with Crippen LogP contribution in [-0.4, -0.2) is 44.4 Å². The van der Waals surface area contributed by atoms with Crippen LogP contribution in [0.2, 0.25) is 0 Å². The number of aromatic hydroxyl groups is 4. The van der Waals surface area contributed by atoms with E-state index in [-0.39, 0.29) is 35.5 Å². The summed E-state index contributed by atoms with van der Waals surface area (Å²) >= 11 is 0. The second kappa shape index (κ2) is 12.5. The second-order valence-corrected chi connectivity index (χ2v) is 10.4. The average molecular weight is 566 g/mol. The number of carbonyl (C=O) groups is 2. The van der Waals surface area contributed by atoms with Gasteiger partial charge in [-0.05, 0) is 89.1 Å². The van der Waals surface area contributed by atoms with Crippen LogP contribution in [0.25, 0.3) is 17.2 Å². The van der Waals surface area contributed by atoms with Crippen LogP contribution in [0.4, 0.5) is 0 Å². The van der Waals surface area contributed by atoms with Gasteiger partial charge in [-0.2, -0.15) is 0 Å². The zero-order valence-electron chi connectivity index (χ0n) is 22.7. The van der Waals surface area contributed by atoms with Crippen LogP contribution in [0.3, 0.4) is 0 Å². The lowest BCUT2D eigenvalue weighted by molar-refractivity contribution is -0.151. The molecular formula is C34H31NO7. The smallest absolute Gasteiger partial charge is 0.331 e. The number of phenols is 4. The SMILES string of the molecule is O=C(/C=C/c1ccc(O)c(O)c1)O[C@H](Cc1cccc(O)c1)C(=O)NC1CC(c2ccc(-c3ccc(O)cc3)cc2)C1. The Bertz CT molecular complexity index is 1590. The van der Waals surface area contributed by atoms with Gasteiger partial charge in [-0.1, -0.05) is 54.6 Å².